The van der Waals surface area contributed by atoms with E-state index < -0.39 is 17.8 Å². The average molecular weight is 419 g/mol. The number of carbonyl (C=O) groups is 3. The van der Waals surface area contributed by atoms with Gasteiger partial charge in [-0.2, -0.15) is 0 Å². The van der Waals surface area contributed by atoms with Crippen LogP contribution in [0.4, 0.5) is 16.2 Å². The van der Waals surface area contributed by atoms with Crippen LogP contribution in [-0.2, 0) is 14.3 Å². The fourth-order valence-electron chi connectivity index (χ4n) is 3.97. The zero-order valence-electron chi connectivity index (χ0n) is 17.9. The van der Waals surface area contributed by atoms with Crippen LogP contribution in [0.3, 0.4) is 0 Å². The lowest BCUT2D eigenvalue weighted by Crippen LogP contribution is -2.54. The Morgan fingerprint density at radius 2 is 1.58 bits per heavy atom. The maximum atomic E-state index is 13.2. The number of rotatable bonds is 3. The predicted octanol–water partition coefficient (Wildman–Crippen LogP) is 3.11. The van der Waals surface area contributed by atoms with Crippen LogP contribution < -0.4 is 15.1 Å². The summed E-state index contributed by atoms with van der Waals surface area (Å²) in [5, 5.41) is 2.29. The highest BCUT2D eigenvalue weighted by Crippen LogP contribution is 2.26. The number of nitrogens with zero attached hydrogens (tertiary/aromatic N) is 2. The molecule has 0 saturated carbocycles. The van der Waals surface area contributed by atoms with Crippen molar-refractivity contribution < 1.29 is 19.1 Å². The summed E-state index contributed by atoms with van der Waals surface area (Å²) in [7, 11) is 0. The molecule has 0 unspecified atom stereocenters. The maximum Gasteiger partial charge on any atom is 0.335 e. The molecule has 4 rings (SSSR count). The molecule has 0 radical (unpaired) electrons. The Morgan fingerprint density at radius 3 is 2.23 bits per heavy atom. The molecule has 2 saturated heterocycles. The molecule has 0 spiro atoms. The van der Waals surface area contributed by atoms with Gasteiger partial charge in [-0.25, -0.2) is 9.69 Å². The number of anilines is 2. The second-order valence-electron chi connectivity index (χ2n) is 7.94. The molecule has 2 aliphatic rings. The van der Waals surface area contributed by atoms with Gasteiger partial charge in [0, 0.05) is 18.8 Å². The number of benzene rings is 2. The summed E-state index contributed by atoms with van der Waals surface area (Å²) in [6, 6.07) is 10.6. The van der Waals surface area contributed by atoms with E-state index in [9.17, 15) is 14.4 Å². The number of ether oxygens (including phenoxy) is 1. The topological polar surface area (TPSA) is 79.0 Å². The standard InChI is InChI=1S/C24H25N3O4/c1-15-10-16(2)12-20(11-15)27-23(29)21(22(28)25-24(27)30)14-18-4-5-19(13-17(18)3)26-6-8-31-9-7-26/h4-5,10-14H,6-9H2,1-3H3,(H,25,28,30)/b21-14-. The minimum Gasteiger partial charge on any atom is -0.378 e. The number of imide groups is 2. The van der Waals surface area contributed by atoms with Crippen LogP contribution in [0, 0.1) is 20.8 Å². The van der Waals surface area contributed by atoms with Crippen LogP contribution in [0.1, 0.15) is 22.3 Å². The van der Waals surface area contributed by atoms with E-state index in [1.807, 2.05) is 45.0 Å². The van der Waals surface area contributed by atoms with Gasteiger partial charge < -0.3 is 9.64 Å². The molecule has 31 heavy (non-hydrogen) atoms. The largest absolute Gasteiger partial charge is 0.378 e. The van der Waals surface area contributed by atoms with Crippen molar-refractivity contribution in [2.75, 3.05) is 36.1 Å². The van der Waals surface area contributed by atoms with Crippen molar-refractivity contribution >= 4 is 35.3 Å². The fourth-order valence-corrected chi connectivity index (χ4v) is 3.97. The molecule has 0 aromatic heterocycles. The van der Waals surface area contributed by atoms with Crippen LogP contribution in [0.5, 0.6) is 0 Å². The molecule has 7 heteroatoms. The third-order valence-electron chi connectivity index (χ3n) is 5.50. The molecule has 0 aliphatic carbocycles. The molecule has 2 aliphatic heterocycles. The van der Waals surface area contributed by atoms with E-state index in [0.29, 0.717) is 18.9 Å². The Balaban J connectivity index is 1.67. The SMILES string of the molecule is Cc1cc(C)cc(N2C(=O)NC(=O)/C(=C/c3ccc(N4CCOCC4)cc3C)C2=O)c1. The summed E-state index contributed by atoms with van der Waals surface area (Å²) in [6.45, 7) is 8.77. The van der Waals surface area contributed by atoms with E-state index in [1.165, 1.54) is 0 Å². The van der Waals surface area contributed by atoms with Crippen LogP contribution in [0.2, 0.25) is 0 Å². The molecule has 7 nitrogen and oxygen atoms in total. The Kier molecular flexibility index (Phi) is 5.61. The van der Waals surface area contributed by atoms with Crippen molar-refractivity contribution in [3.8, 4) is 0 Å². The van der Waals surface area contributed by atoms with Crippen molar-refractivity contribution in [3.63, 3.8) is 0 Å². The lowest BCUT2D eigenvalue weighted by molar-refractivity contribution is -0.122. The van der Waals surface area contributed by atoms with Crippen molar-refractivity contribution in [3.05, 3.63) is 64.2 Å². The Bertz CT molecular complexity index is 1080. The van der Waals surface area contributed by atoms with Gasteiger partial charge in [0.05, 0.1) is 18.9 Å². The van der Waals surface area contributed by atoms with Gasteiger partial charge in [0.15, 0.2) is 0 Å². The minimum absolute atomic E-state index is 0.0685. The molecule has 0 bridgehead atoms. The number of hydrogen-bond donors (Lipinski definition) is 1. The third-order valence-corrected chi connectivity index (χ3v) is 5.50. The van der Waals surface area contributed by atoms with Gasteiger partial charge in [-0.3, -0.25) is 14.9 Å². The number of morpholine rings is 1. The Morgan fingerprint density at radius 1 is 0.903 bits per heavy atom. The number of carbonyl (C=O) groups excluding carboxylic acids is 3. The number of nitrogens with one attached hydrogen (secondary N) is 1. The highest BCUT2D eigenvalue weighted by atomic mass is 16.5. The highest BCUT2D eigenvalue weighted by molar-refractivity contribution is 6.39. The zero-order chi connectivity index (χ0) is 22.1. The smallest absolute Gasteiger partial charge is 0.335 e. The molecule has 0 atom stereocenters. The van der Waals surface area contributed by atoms with Gasteiger partial charge in [-0.1, -0.05) is 12.1 Å². The monoisotopic (exact) mass is 419 g/mol. The first-order valence-electron chi connectivity index (χ1n) is 10.3. The lowest BCUT2D eigenvalue weighted by Gasteiger charge is -2.29. The van der Waals surface area contributed by atoms with Crippen molar-refractivity contribution in [2.24, 2.45) is 0 Å². The van der Waals surface area contributed by atoms with Gasteiger partial charge >= 0.3 is 6.03 Å². The van der Waals surface area contributed by atoms with E-state index in [2.05, 4.69) is 10.2 Å². The van der Waals surface area contributed by atoms with Gasteiger partial charge in [0.25, 0.3) is 11.8 Å². The van der Waals surface area contributed by atoms with Crippen molar-refractivity contribution in [2.45, 2.75) is 20.8 Å². The zero-order valence-corrected chi connectivity index (χ0v) is 17.9. The van der Waals surface area contributed by atoms with Crippen LogP contribution in [0.25, 0.3) is 6.08 Å². The highest BCUT2D eigenvalue weighted by Gasteiger charge is 2.37. The quantitative estimate of drug-likeness (QED) is 0.611. The van der Waals surface area contributed by atoms with Gasteiger partial charge in [0.1, 0.15) is 5.57 Å². The maximum absolute atomic E-state index is 13.2. The van der Waals surface area contributed by atoms with E-state index in [0.717, 1.165) is 45.9 Å². The molecule has 1 N–H and O–H groups in total. The summed E-state index contributed by atoms with van der Waals surface area (Å²) in [4.78, 5) is 41.4. The van der Waals surface area contributed by atoms with Crippen molar-refractivity contribution in [1.29, 1.82) is 0 Å². The first-order valence-corrected chi connectivity index (χ1v) is 10.3. The van der Waals surface area contributed by atoms with E-state index in [1.54, 1.807) is 18.2 Å². The first-order chi connectivity index (χ1) is 14.8. The molecular formula is C24H25N3O4. The molecule has 2 heterocycles. The summed E-state index contributed by atoms with van der Waals surface area (Å²) >= 11 is 0. The number of amides is 4. The van der Waals surface area contributed by atoms with E-state index >= 15 is 0 Å². The number of urea groups is 1. The van der Waals surface area contributed by atoms with Crippen molar-refractivity contribution in [1.82, 2.24) is 5.32 Å². The first kappa shape index (κ1) is 20.8. The van der Waals surface area contributed by atoms with Gasteiger partial charge in [0.2, 0.25) is 0 Å². The second-order valence-corrected chi connectivity index (χ2v) is 7.94. The molecule has 2 fully saturated rings. The lowest BCUT2D eigenvalue weighted by atomic mass is 10.0. The van der Waals surface area contributed by atoms with E-state index in [4.69, 9.17) is 4.74 Å². The number of aryl methyl sites for hydroxylation is 3. The summed E-state index contributed by atoms with van der Waals surface area (Å²) < 4.78 is 5.40. The summed E-state index contributed by atoms with van der Waals surface area (Å²) in [5.74, 6) is -1.32. The molecule has 160 valence electrons. The summed E-state index contributed by atoms with van der Waals surface area (Å²) in [6.07, 6.45) is 1.55. The minimum atomic E-state index is -0.739. The Labute approximate surface area is 181 Å². The normalized spacial score (nSPS) is 18.5. The fraction of sp³-hybridized carbons (Fsp3) is 0.292. The number of hydrogen-bond acceptors (Lipinski definition) is 5. The molecule has 2 aromatic rings. The second kappa shape index (κ2) is 8.35. The Hall–Kier alpha value is -3.45. The third kappa shape index (κ3) is 4.22. The van der Waals surface area contributed by atoms with Crippen LogP contribution in [0.15, 0.2) is 42.0 Å². The number of barbiturate groups is 1. The van der Waals surface area contributed by atoms with Gasteiger partial charge in [-0.15, -0.1) is 0 Å². The molecule has 4 amide bonds. The van der Waals surface area contributed by atoms with Crippen LogP contribution in [-0.4, -0.2) is 44.1 Å². The molecule has 2 aromatic carbocycles. The average Bonchev–Trinajstić information content (AvgIpc) is 2.72. The van der Waals surface area contributed by atoms with Crippen LogP contribution >= 0.6 is 0 Å². The molecular weight excluding hydrogens is 394 g/mol. The predicted molar refractivity (Wildman–Crippen MR) is 119 cm³/mol. The summed E-state index contributed by atoms with van der Waals surface area (Å²) in [5.41, 5.74) is 4.99. The van der Waals surface area contributed by atoms with Gasteiger partial charge in [-0.05, 0) is 73.4 Å². The van der Waals surface area contributed by atoms with E-state index in [-0.39, 0.29) is 5.57 Å².